The van der Waals surface area contributed by atoms with Crippen molar-refractivity contribution in [2.24, 2.45) is 0 Å². The molecule has 0 fully saturated rings. The lowest BCUT2D eigenvalue weighted by Gasteiger charge is -2.09. The van der Waals surface area contributed by atoms with E-state index >= 15 is 0 Å². The number of carbonyl (C=O) groups is 1. The number of aromatic nitrogens is 6. The highest BCUT2D eigenvalue weighted by Gasteiger charge is 2.18. The van der Waals surface area contributed by atoms with Crippen molar-refractivity contribution in [1.82, 2.24) is 30.0 Å². The Bertz CT molecular complexity index is 1280. The Morgan fingerprint density at radius 3 is 2.57 bits per heavy atom. The molecular formula is C21H15N7OS. The lowest BCUT2D eigenvalue weighted by molar-refractivity contribution is 0.101. The van der Waals surface area contributed by atoms with Crippen molar-refractivity contribution in [3.8, 4) is 21.9 Å². The molecule has 1 N–H and O–H groups in total. The van der Waals surface area contributed by atoms with E-state index in [0.29, 0.717) is 11.4 Å². The van der Waals surface area contributed by atoms with Gasteiger partial charge in [0.05, 0.1) is 16.3 Å². The van der Waals surface area contributed by atoms with Crippen molar-refractivity contribution in [2.75, 3.05) is 5.32 Å². The standard InChI is InChI=1S/C21H15N7OS/c29-21(23-15-6-4-9-17(12-15)27-14-22-25-26-27)19-13-18(20-10-5-11-30-20)24-28(19)16-7-2-1-3-8-16/h1-14H,(H,23,29). The van der Waals surface area contributed by atoms with E-state index in [1.165, 1.54) is 11.0 Å². The van der Waals surface area contributed by atoms with Gasteiger partial charge in [-0.3, -0.25) is 4.79 Å². The van der Waals surface area contributed by atoms with E-state index in [2.05, 4.69) is 25.9 Å². The molecule has 3 aromatic heterocycles. The predicted octanol–water partition coefficient (Wildman–Crippen LogP) is 3.83. The summed E-state index contributed by atoms with van der Waals surface area (Å²) < 4.78 is 3.19. The zero-order valence-corrected chi connectivity index (χ0v) is 16.4. The zero-order chi connectivity index (χ0) is 20.3. The van der Waals surface area contributed by atoms with Gasteiger partial charge >= 0.3 is 0 Å². The maximum Gasteiger partial charge on any atom is 0.274 e. The minimum Gasteiger partial charge on any atom is -0.321 e. The fourth-order valence-electron chi connectivity index (χ4n) is 3.05. The van der Waals surface area contributed by atoms with E-state index < -0.39 is 0 Å². The lowest BCUT2D eigenvalue weighted by atomic mass is 10.2. The summed E-state index contributed by atoms with van der Waals surface area (Å²) in [6.45, 7) is 0. The number of thiophene rings is 1. The van der Waals surface area contributed by atoms with Crippen LogP contribution in [-0.2, 0) is 0 Å². The van der Waals surface area contributed by atoms with Crippen LogP contribution in [0, 0.1) is 0 Å². The number of nitrogens with one attached hydrogen (secondary N) is 1. The van der Waals surface area contributed by atoms with Crippen molar-refractivity contribution in [3.05, 3.63) is 90.2 Å². The fraction of sp³-hybridized carbons (Fsp3) is 0. The quantitative estimate of drug-likeness (QED) is 0.473. The SMILES string of the molecule is O=C(Nc1cccc(-n2cnnn2)c1)c1cc(-c2cccs2)nn1-c1ccccc1. The van der Waals surface area contributed by atoms with Crippen LogP contribution >= 0.6 is 11.3 Å². The van der Waals surface area contributed by atoms with Crippen LogP contribution in [0.4, 0.5) is 5.69 Å². The second kappa shape index (κ2) is 7.72. The minimum absolute atomic E-state index is 0.261. The Labute approximate surface area is 175 Å². The molecule has 0 atom stereocenters. The number of para-hydroxylation sites is 1. The van der Waals surface area contributed by atoms with Crippen LogP contribution in [0.25, 0.3) is 21.9 Å². The third kappa shape index (κ3) is 3.49. The highest BCUT2D eigenvalue weighted by Crippen LogP contribution is 2.26. The first kappa shape index (κ1) is 18.0. The highest BCUT2D eigenvalue weighted by molar-refractivity contribution is 7.13. The summed E-state index contributed by atoms with van der Waals surface area (Å²) >= 11 is 1.58. The Balaban J connectivity index is 1.50. The number of amides is 1. The molecule has 0 aliphatic heterocycles. The van der Waals surface area contributed by atoms with E-state index in [1.807, 2.05) is 66.0 Å². The molecule has 8 nitrogen and oxygen atoms in total. The molecule has 0 saturated heterocycles. The summed E-state index contributed by atoms with van der Waals surface area (Å²) in [4.78, 5) is 14.2. The van der Waals surface area contributed by atoms with Crippen LogP contribution in [0.2, 0.25) is 0 Å². The van der Waals surface area contributed by atoms with Gasteiger partial charge in [-0.05, 0) is 58.3 Å². The summed E-state index contributed by atoms with van der Waals surface area (Å²) in [5, 5.41) is 20.8. The molecule has 5 rings (SSSR count). The molecule has 0 aliphatic carbocycles. The summed E-state index contributed by atoms with van der Waals surface area (Å²) in [5.41, 5.74) is 3.38. The summed E-state index contributed by atoms with van der Waals surface area (Å²) in [6.07, 6.45) is 1.50. The first-order chi connectivity index (χ1) is 14.8. The lowest BCUT2D eigenvalue weighted by Crippen LogP contribution is -2.17. The maximum absolute atomic E-state index is 13.2. The van der Waals surface area contributed by atoms with Gasteiger partial charge < -0.3 is 5.32 Å². The smallest absolute Gasteiger partial charge is 0.274 e. The number of hydrogen-bond donors (Lipinski definition) is 1. The van der Waals surface area contributed by atoms with Crippen LogP contribution in [0.5, 0.6) is 0 Å². The second-order valence-corrected chi connectivity index (χ2v) is 7.35. The number of anilines is 1. The van der Waals surface area contributed by atoms with Gasteiger partial charge in [0.2, 0.25) is 0 Å². The molecule has 9 heteroatoms. The second-order valence-electron chi connectivity index (χ2n) is 6.40. The van der Waals surface area contributed by atoms with Crippen molar-refractivity contribution >= 4 is 22.9 Å². The van der Waals surface area contributed by atoms with Gasteiger partial charge in [0, 0.05) is 5.69 Å². The summed E-state index contributed by atoms with van der Waals surface area (Å²) in [6, 6.07) is 22.7. The maximum atomic E-state index is 13.2. The van der Waals surface area contributed by atoms with E-state index in [4.69, 9.17) is 0 Å². The molecule has 0 bridgehead atoms. The molecule has 1 amide bonds. The summed E-state index contributed by atoms with van der Waals surface area (Å²) in [7, 11) is 0. The predicted molar refractivity (Wildman–Crippen MR) is 114 cm³/mol. The van der Waals surface area contributed by atoms with Crippen molar-refractivity contribution in [2.45, 2.75) is 0 Å². The number of tetrazole rings is 1. The topological polar surface area (TPSA) is 90.5 Å². The van der Waals surface area contributed by atoms with Crippen LogP contribution in [0.3, 0.4) is 0 Å². The number of benzene rings is 2. The number of hydrogen-bond acceptors (Lipinski definition) is 6. The first-order valence-corrected chi connectivity index (χ1v) is 10.00. The third-order valence-corrected chi connectivity index (χ3v) is 5.33. The largest absolute Gasteiger partial charge is 0.321 e. The molecule has 146 valence electrons. The van der Waals surface area contributed by atoms with Gasteiger partial charge in [-0.15, -0.1) is 16.4 Å². The zero-order valence-electron chi connectivity index (χ0n) is 15.6. The fourth-order valence-corrected chi connectivity index (χ4v) is 3.74. The van der Waals surface area contributed by atoms with Gasteiger partial charge in [0.15, 0.2) is 0 Å². The number of carbonyl (C=O) groups excluding carboxylic acids is 1. The average Bonchev–Trinajstić information content (AvgIpc) is 3.56. The monoisotopic (exact) mass is 413 g/mol. The molecule has 0 spiro atoms. The van der Waals surface area contributed by atoms with Gasteiger partial charge in [0.25, 0.3) is 5.91 Å². The molecule has 0 radical (unpaired) electrons. The van der Waals surface area contributed by atoms with Gasteiger partial charge in [-0.2, -0.15) is 5.10 Å². The average molecular weight is 413 g/mol. The van der Waals surface area contributed by atoms with Crippen molar-refractivity contribution in [3.63, 3.8) is 0 Å². The van der Waals surface area contributed by atoms with Gasteiger partial charge in [0.1, 0.15) is 17.7 Å². The van der Waals surface area contributed by atoms with Gasteiger partial charge in [-0.1, -0.05) is 30.3 Å². The molecule has 0 saturated carbocycles. The van der Waals surface area contributed by atoms with E-state index in [0.717, 1.165) is 21.9 Å². The van der Waals surface area contributed by atoms with Crippen LogP contribution in [0.1, 0.15) is 10.5 Å². The van der Waals surface area contributed by atoms with Crippen molar-refractivity contribution < 1.29 is 4.79 Å². The van der Waals surface area contributed by atoms with E-state index in [1.54, 1.807) is 28.2 Å². The minimum atomic E-state index is -0.261. The molecule has 30 heavy (non-hydrogen) atoms. The molecule has 0 aliphatic rings. The van der Waals surface area contributed by atoms with E-state index in [9.17, 15) is 4.79 Å². The van der Waals surface area contributed by atoms with Crippen LogP contribution < -0.4 is 5.32 Å². The number of nitrogens with zero attached hydrogens (tertiary/aromatic N) is 6. The molecular weight excluding hydrogens is 398 g/mol. The molecule has 5 aromatic rings. The first-order valence-electron chi connectivity index (χ1n) is 9.12. The molecule has 3 heterocycles. The normalized spacial score (nSPS) is 10.8. The number of rotatable bonds is 5. The highest BCUT2D eigenvalue weighted by atomic mass is 32.1. The third-order valence-electron chi connectivity index (χ3n) is 4.43. The Kier molecular flexibility index (Phi) is 4.62. The van der Waals surface area contributed by atoms with Crippen LogP contribution in [0.15, 0.2) is 84.5 Å². The molecule has 2 aromatic carbocycles. The molecule has 0 unspecified atom stereocenters. The Morgan fingerprint density at radius 1 is 0.933 bits per heavy atom. The Morgan fingerprint density at radius 2 is 1.80 bits per heavy atom. The van der Waals surface area contributed by atoms with E-state index in [-0.39, 0.29) is 5.91 Å². The Hall–Kier alpha value is -4.11. The summed E-state index contributed by atoms with van der Waals surface area (Å²) in [5.74, 6) is -0.261. The van der Waals surface area contributed by atoms with Gasteiger partial charge in [-0.25, -0.2) is 9.36 Å². The van der Waals surface area contributed by atoms with Crippen molar-refractivity contribution in [1.29, 1.82) is 0 Å². The van der Waals surface area contributed by atoms with Crippen LogP contribution in [-0.4, -0.2) is 35.9 Å².